The molecule has 1 aromatic carbocycles. The first kappa shape index (κ1) is 10.4. The van der Waals surface area contributed by atoms with Gasteiger partial charge in [-0.3, -0.25) is 0 Å². The second kappa shape index (κ2) is 4.05. The second-order valence-electron chi connectivity index (χ2n) is 3.07. The summed E-state index contributed by atoms with van der Waals surface area (Å²) in [5.41, 5.74) is 8.27. The number of nitrogen functional groups attached to an aromatic ring is 1. The molecule has 0 spiro atoms. The van der Waals surface area contributed by atoms with Crippen LogP contribution in [0.4, 0.5) is 5.69 Å². The van der Waals surface area contributed by atoms with E-state index in [2.05, 4.69) is 6.58 Å². The van der Waals surface area contributed by atoms with Crippen molar-refractivity contribution in [2.75, 3.05) is 20.0 Å². The fourth-order valence-electron chi connectivity index (χ4n) is 1.26. The van der Waals surface area contributed by atoms with Gasteiger partial charge in [-0.1, -0.05) is 6.58 Å². The standard InChI is InChI=1S/C11H15NO2/c1-7(2)8-5-10(13-3)11(14-4)6-9(8)12/h5-6H,1,12H2,2-4H3. The molecule has 3 nitrogen and oxygen atoms in total. The van der Waals surface area contributed by atoms with Gasteiger partial charge in [-0.05, 0) is 18.6 Å². The van der Waals surface area contributed by atoms with Crippen LogP contribution in [0.2, 0.25) is 0 Å². The largest absolute Gasteiger partial charge is 0.493 e. The van der Waals surface area contributed by atoms with Crippen molar-refractivity contribution in [1.29, 1.82) is 0 Å². The molecule has 0 fully saturated rings. The highest BCUT2D eigenvalue weighted by atomic mass is 16.5. The lowest BCUT2D eigenvalue weighted by Gasteiger charge is -2.12. The maximum Gasteiger partial charge on any atom is 0.162 e. The van der Waals surface area contributed by atoms with Crippen LogP contribution in [0.15, 0.2) is 18.7 Å². The fourth-order valence-corrected chi connectivity index (χ4v) is 1.26. The smallest absolute Gasteiger partial charge is 0.162 e. The number of allylic oxidation sites excluding steroid dienone is 1. The zero-order valence-corrected chi connectivity index (χ0v) is 8.76. The Labute approximate surface area is 84.1 Å². The van der Waals surface area contributed by atoms with E-state index in [1.54, 1.807) is 20.3 Å². The van der Waals surface area contributed by atoms with Crippen molar-refractivity contribution in [3.8, 4) is 11.5 Å². The van der Waals surface area contributed by atoms with Crippen LogP contribution in [-0.4, -0.2) is 14.2 Å². The fraction of sp³-hybridized carbons (Fsp3) is 0.273. The Hall–Kier alpha value is -1.64. The highest BCUT2D eigenvalue weighted by molar-refractivity contribution is 5.75. The number of methoxy groups -OCH3 is 2. The minimum atomic E-state index is 0.634. The molecular weight excluding hydrogens is 178 g/mol. The minimum Gasteiger partial charge on any atom is -0.493 e. The third kappa shape index (κ3) is 1.82. The Balaban J connectivity index is 3.30. The molecule has 0 radical (unpaired) electrons. The molecule has 2 N–H and O–H groups in total. The summed E-state index contributed by atoms with van der Waals surface area (Å²) in [7, 11) is 3.17. The highest BCUT2D eigenvalue weighted by Gasteiger charge is 2.08. The van der Waals surface area contributed by atoms with Crippen molar-refractivity contribution in [3.05, 3.63) is 24.3 Å². The summed E-state index contributed by atoms with van der Waals surface area (Å²) >= 11 is 0. The molecule has 1 rings (SSSR count). The number of ether oxygens (including phenoxy) is 2. The highest BCUT2D eigenvalue weighted by Crippen LogP contribution is 2.34. The first-order valence-corrected chi connectivity index (χ1v) is 4.27. The first-order chi connectivity index (χ1) is 6.60. The molecule has 3 heteroatoms. The molecule has 1 aromatic rings. The molecule has 76 valence electrons. The van der Waals surface area contributed by atoms with Gasteiger partial charge in [0.25, 0.3) is 0 Å². The molecule has 0 amide bonds. The molecule has 0 bridgehead atoms. The Kier molecular flexibility index (Phi) is 3.02. The van der Waals surface area contributed by atoms with E-state index >= 15 is 0 Å². The van der Waals surface area contributed by atoms with Gasteiger partial charge >= 0.3 is 0 Å². The Morgan fingerprint density at radius 3 is 2.14 bits per heavy atom. The van der Waals surface area contributed by atoms with Gasteiger partial charge in [0.15, 0.2) is 11.5 Å². The topological polar surface area (TPSA) is 44.5 Å². The molecule has 0 saturated carbocycles. The zero-order valence-electron chi connectivity index (χ0n) is 8.76. The van der Waals surface area contributed by atoms with Crippen molar-refractivity contribution < 1.29 is 9.47 Å². The van der Waals surface area contributed by atoms with Crippen LogP contribution in [0.5, 0.6) is 11.5 Å². The average molecular weight is 193 g/mol. The van der Waals surface area contributed by atoms with Gasteiger partial charge in [0.2, 0.25) is 0 Å². The summed E-state index contributed by atoms with van der Waals surface area (Å²) < 4.78 is 10.3. The summed E-state index contributed by atoms with van der Waals surface area (Å²) in [4.78, 5) is 0. The zero-order chi connectivity index (χ0) is 10.7. The number of hydrogen-bond donors (Lipinski definition) is 1. The first-order valence-electron chi connectivity index (χ1n) is 4.27. The third-order valence-electron chi connectivity index (χ3n) is 2.02. The lowest BCUT2D eigenvalue weighted by atomic mass is 10.1. The molecule has 0 saturated heterocycles. The number of anilines is 1. The van der Waals surface area contributed by atoms with E-state index in [1.165, 1.54) is 0 Å². The SMILES string of the molecule is C=C(C)c1cc(OC)c(OC)cc1N. The van der Waals surface area contributed by atoms with Crippen molar-refractivity contribution in [1.82, 2.24) is 0 Å². The maximum absolute atomic E-state index is 5.83. The number of rotatable bonds is 3. The van der Waals surface area contributed by atoms with Crippen LogP contribution in [0.25, 0.3) is 5.57 Å². The van der Waals surface area contributed by atoms with Gasteiger partial charge in [-0.25, -0.2) is 0 Å². The molecule has 14 heavy (non-hydrogen) atoms. The van der Waals surface area contributed by atoms with Crippen molar-refractivity contribution in [2.24, 2.45) is 0 Å². The summed E-state index contributed by atoms with van der Waals surface area (Å²) in [6, 6.07) is 3.57. The molecule has 0 unspecified atom stereocenters. The molecular formula is C11H15NO2. The maximum atomic E-state index is 5.83. The molecule has 0 aliphatic rings. The third-order valence-corrected chi connectivity index (χ3v) is 2.02. The van der Waals surface area contributed by atoms with Gasteiger partial charge < -0.3 is 15.2 Å². The Morgan fingerprint density at radius 2 is 1.71 bits per heavy atom. The van der Waals surface area contributed by atoms with Crippen LogP contribution in [-0.2, 0) is 0 Å². The van der Waals surface area contributed by atoms with Gasteiger partial charge in [0.05, 0.1) is 14.2 Å². The molecule has 0 heterocycles. The summed E-state index contributed by atoms with van der Waals surface area (Å²) in [5, 5.41) is 0. The van der Waals surface area contributed by atoms with Crippen molar-refractivity contribution in [3.63, 3.8) is 0 Å². The molecule has 0 atom stereocenters. The van der Waals surface area contributed by atoms with Gasteiger partial charge in [-0.15, -0.1) is 0 Å². The normalized spacial score (nSPS) is 9.64. The molecule has 0 aromatic heterocycles. The van der Waals surface area contributed by atoms with Crippen molar-refractivity contribution in [2.45, 2.75) is 6.92 Å². The lowest BCUT2D eigenvalue weighted by molar-refractivity contribution is 0.355. The van der Waals surface area contributed by atoms with Gasteiger partial charge in [-0.2, -0.15) is 0 Å². The van der Waals surface area contributed by atoms with E-state index in [0.717, 1.165) is 11.1 Å². The van der Waals surface area contributed by atoms with E-state index in [-0.39, 0.29) is 0 Å². The number of benzene rings is 1. The second-order valence-corrected chi connectivity index (χ2v) is 3.07. The number of hydrogen-bond acceptors (Lipinski definition) is 3. The van der Waals surface area contributed by atoms with Gasteiger partial charge in [0, 0.05) is 17.3 Å². The van der Waals surface area contributed by atoms with E-state index < -0.39 is 0 Å². The predicted molar refractivity (Wildman–Crippen MR) is 58.7 cm³/mol. The van der Waals surface area contributed by atoms with Crippen LogP contribution in [0.3, 0.4) is 0 Å². The quantitative estimate of drug-likeness (QED) is 0.749. The van der Waals surface area contributed by atoms with Crippen LogP contribution < -0.4 is 15.2 Å². The Morgan fingerprint density at radius 1 is 1.21 bits per heavy atom. The van der Waals surface area contributed by atoms with E-state index in [4.69, 9.17) is 15.2 Å². The summed E-state index contributed by atoms with van der Waals surface area (Å²) in [6.07, 6.45) is 0. The molecule has 0 aliphatic carbocycles. The number of nitrogens with two attached hydrogens (primary N) is 1. The van der Waals surface area contributed by atoms with Crippen LogP contribution in [0.1, 0.15) is 12.5 Å². The van der Waals surface area contributed by atoms with E-state index in [0.29, 0.717) is 17.2 Å². The Bertz CT molecular complexity index is 359. The lowest BCUT2D eigenvalue weighted by Crippen LogP contribution is -1.97. The minimum absolute atomic E-state index is 0.634. The van der Waals surface area contributed by atoms with Crippen molar-refractivity contribution >= 4 is 11.3 Å². The van der Waals surface area contributed by atoms with Gasteiger partial charge in [0.1, 0.15) is 0 Å². The van der Waals surface area contributed by atoms with Crippen LogP contribution >= 0.6 is 0 Å². The van der Waals surface area contributed by atoms with E-state index in [9.17, 15) is 0 Å². The summed E-state index contributed by atoms with van der Waals surface area (Å²) in [5.74, 6) is 1.30. The monoisotopic (exact) mass is 193 g/mol. The predicted octanol–water partition coefficient (Wildman–Crippen LogP) is 2.32. The average Bonchev–Trinajstić information content (AvgIpc) is 2.16. The van der Waals surface area contributed by atoms with Crippen LogP contribution in [0, 0.1) is 0 Å². The summed E-state index contributed by atoms with van der Waals surface area (Å²) in [6.45, 7) is 5.74. The van der Waals surface area contributed by atoms with E-state index in [1.807, 2.05) is 13.0 Å². The molecule has 0 aliphatic heterocycles.